The number of thiophene rings is 1. The van der Waals surface area contributed by atoms with Gasteiger partial charge in [-0.05, 0) is 35.6 Å². The molecule has 1 amide bonds. The molecule has 1 unspecified atom stereocenters. The van der Waals surface area contributed by atoms with Gasteiger partial charge in [-0.2, -0.15) is 0 Å². The number of rotatable bonds is 8. The first kappa shape index (κ1) is 16.8. The Bertz CT molecular complexity index is 617. The first-order chi connectivity index (χ1) is 10.6. The zero-order valence-corrected chi connectivity index (χ0v) is 13.9. The Morgan fingerprint density at radius 3 is 2.86 bits per heavy atom. The van der Waals surface area contributed by atoms with E-state index in [4.69, 9.17) is 22.1 Å². The molecule has 0 aliphatic heterocycles. The van der Waals surface area contributed by atoms with Crippen molar-refractivity contribution in [3.05, 3.63) is 51.2 Å². The first-order valence-corrected chi connectivity index (χ1v) is 8.32. The zero-order valence-electron chi connectivity index (χ0n) is 12.3. The number of amides is 1. The van der Waals surface area contributed by atoms with E-state index in [1.165, 1.54) is 4.88 Å². The van der Waals surface area contributed by atoms with Gasteiger partial charge in [-0.15, -0.1) is 11.3 Å². The van der Waals surface area contributed by atoms with Crippen LogP contribution in [0.2, 0.25) is 5.02 Å². The van der Waals surface area contributed by atoms with Gasteiger partial charge in [0.25, 0.3) is 5.91 Å². The van der Waals surface area contributed by atoms with Gasteiger partial charge < -0.3 is 15.8 Å². The van der Waals surface area contributed by atoms with Crippen molar-refractivity contribution in [1.82, 2.24) is 5.32 Å². The van der Waals surface area contributed by atoms with Crippen LogP contribution in [-0.4, -0.2) is 12.5 Å². The Hall–Kier alpha value is -1.56. The highest BCUT2D eigenvalue weighted by atomic mass is 35.5. The third-order valence-electron chi connectivity index (χ3n) is 3.21. The number of primary amides is 1. The number of carbonyl (C=O) groups is 1. The third kappa shape index (κ3) is 4.73. The number of hydrogen-bond acceptors (Lipinski definition) is 4. The van der Waals surface area contributed by atoms with Gasteiger partial charge in [0.2, 0.25) is 0 Å². The average molecular weight is 339 g/mol. The Labute approximate surface area is 139 Å². The van der Waals surface area contributed by atoms with Crippen LogP contribution in [0.4, 0.5) is 0 Å². The largest absolute Gasteiger partial charge is 0.482 e. The van der Waals surface area contributed by atoms with E-state index in [0.717, 1.165) is 12.0 Å². The lowest BCUT2D eigenvalue weighted by Crippen LogP contribution is -2.20. The summed E-state index contributed by atoms with van der Waals surface area (Å²) in [4.78, 5) is 12.0. The van der Waals surface area contributed by atoms with Crippen molar-refractivity contribution in [3.63, 3.8) is 0 Å². The highest BCUT2D eigenvalue weighted by Gasteiger charge is 2.10. The second-order valence-corrected chi connectivity index (χ2v) is 6.26. The molecule has 0 spiro atoms. The van der Waals surface area contributed by atoms with Gasteiger partial charge in [-0.1, -0.05) is 30.7 Å². The Balaban J connectivity index is 1.95. The topological polar surface area (TPSA) is 64.3 Å². The van der Waals surface area contributed by atoms with E-state index in [9.17, 15) is 4.79 Å². The molecule has 0 aliphatic carbocycles. The lowest BCUT2D eigenvalue weighted by Gasteiger charge is -2.16. The summed E-state index contributed by atoms with van der Waals surface area (Å²) in [6.45, 7) is 2.70. The van der Waals surface area contributed by atoms with Gasteiger partial charge in [0, 0.05) is 17.5 Å². The molecule has 4 nitrogen and oxygen atoms in total. The number of halogens is 1. The summed E-state index contributed by atoms with van der Waals surface area (Å²) in [6.07, 6.45) is 1.02. The van der Waals surface area contributed by atoms with E-state index < -0.39 is 5.91 Å². The molecule has 2 aromatic rings. The SMILES string of the molecule is CCC(NCc1ccc(OCC(N)=O)c(Cl)c1)c1cccs1. The van der Waals surface area contributed by atoms with Crippen molar-refractivity contribution in [3.8, 4) is 5.75 Å². The van der Waals surface area contributed by atoms with E-state index >= 15 is 0 Å². The van der Waals surface area contributed by atoms with Gasteiger partial charge in [0.05, 0.1) is 5.02 Å². The molecular weight excluding hydrogens is 320 g/mol. The van der Waals surface area contributed by atoms with Crippen molar-refractivity contribution in [2.75, 3.05) is 6.61 Å². The van der Waals surface area contributed by atoms with Crippen molar-refractivity contribution in [2.24, 2.45) is 5.73 Å². The minimum absolute atomic E-state index is 0.173. The molecule has 1 heterocycles. The molecule has 3 N–H and O–H groups in total. The second-order valence-electron chi connectivity index (χ2n) is 4.88. The number of ether oxygens (including phenoxy) is 1. The summed E-state index contributed by atoms with van der Waals surface area (Å²) in [5.41, 5.74) is 6.11. The fourth-order valence-corrected chi connectivity index (χ4v) is 3.24. The fraction of sp³-hybridized carbons (Fsp3) is 0.312. The molecule has 118 valence electrons. The summed E-state index contributed by atoms with van der Waals surface area (Å²) in [5.74, 6) is -0.0574. The summed E-state index contributed by atoms with van der Waals surface area (Å²) in [5, 5.41) is 6.08. The van der Waals surface area contributed by atoms with Crippen LogP contribution >= 0.6 is 22.9 Å². The van der Waals surface area contributed by atoms with Gasteiger partial charge in [-0.3, -0.25) is 4.79 Å². The lowest BCUT2D eigenvalue weighted by molar-refractivity contribution is -0.119. The van der Waals surface area contributed by atoms with E-state index in [-0.39, 0.29) is 6.61 Å². The highest BCUT2D eigenvalue weighted by Crippen LogP contribution is 2.26. The normalized spacial score (nSPS) is 12.1. The molecule has 0 aliphatic rings. The van der Waals surface area contributed by atoms with E-state index in [1.54, 1.807) is 17.4 Å². The standard InChI is InChI=1S/C16H19ClN2O2S/c1-2-13(15-4-3-7-22-15)19-9-11-5-6-14(12(17)8-11)21-10-16(18)20/h3-8,13,19H,2,9-10H2,1H3,(H2,18,20). The Morgan fingerprint density at radius 2 is 2.27 bits per heavy atom. The molecule has 22 heavy (non-hydrogen) atoms. The number of carbonyl (C=O) groups excluding carboxylic acids is 1. The zero-order chi connectivity index (χ0) is 15.9. The van der Waals surface area contributed by atoms with Crippen LogP contribution in [0, 0.1) is 0 Å². The second kappa shape index (κ2) is 8.17. The highest BCUT2D eigenvalue weighted by molar-refractivity contribution is 7.10. The van der Waals surface area contributed by atoms with Crippen molar-refractivity contribution >= 4 is 28.8 Å². The van der Waals surface area contributed by atoms with Crippen LogP contribution in [0.3, 0.4) is 0 Å². The van der Waals surface area contributed by atoms with Gasteiger partial charge in [0.15, 0.2) is 6.61 Å². The third-order valence-corrected chi connectivity index (χ3v) is 4.50. The van der Waals surface area contributed by atoms with Crippen LogP contribution in [0.15, 0.2) is 35.7 Å². The summed E-state index contributed by atoms with van der Waals surface area (Å²) in [6, 6.07) is 10.1. The summed E-state index contributed by atoms with van der Waals surface area (Å²) < 4.78 is 5.23. The maximum Gasteiger partial charge on any atom is 0.255 e. The number of nitrogens with two attached hydrogens (primary N) is 1. The first-order valence-electron chi connectivity index (χ1n) is 7.06. The fourth-order valence-electron chi connectivity index (χ4n) is 2.10. The van der Waals surface area contributed by atoms with Crippen molar-refractivity contribution in [2.45, 2.75) is 25.9 Å². The maximum atomic E-state index is 10.7. The van der Waals surface area contributed by atoms with Crippen LogP contribution in [0.1, 0.15) is 29.8 Å². The minimum Gasteiger partial charge on any atom is -0.482 e. The smallest absolute Gasteiger partial charge is 0.255 e. The molecule has 1 aromatic heterocycles. The summed E-state index contributed by atoms with van der Waals surface area (Å²) in [7, 11) is 0. The number of benzene rings is 1. The molecule has 0 bridgehead atoms. The lowest BCUT2D eigenvalue weighted by atomic mass is 10.1. The molecule has 6 heteroatoms. The van der Waals surface area contributed by atoms with E-state index in [1.807, 2.05) is 12.1 Å². The van der Waals surface area contributed by atoms with Gasteiger partial charge >= 0.3 is 0 Å². The van der Waals surface area contributed by atoms with Crippen LogP contribution < -0.4 is 15.8 Å². The number of nitrogens with one attached hydrogen (secondary N) is 1. The molecule has 0 saturated heterocycles. The van der Waals surface area contributed by atoms with Gasteiger partial charge in [0.1, 0.15) is 5.75 Å². The Morgan fingerprint density at radius 1 is 1.45 bits per heavy atom. The molecule has 2 rings (SSSR count). The monoisotopic (exact) mass is 338 g/mol. The number of hydrogen-bond donors (Lipinski definition) is 2. The van der Waals surface area contributed by atoms with Crippen molar-refractivity contribution < 1.29 is 9.53 Å². The molecule has 0 radical (unpaired) electrons. The quantitative estimate of drug-likeness (QED) is 0.774. The molecule has 0 fully saturated rings. The molecular formula is C16H19ClN2O2S. The molecule has 1 atom stereocenters. The Kier molecular flexibility index (Phi) is 6.24. The van der Waals surface area contributed by atoms with E-state index in [2.05, 4.69) is 29.8 Å². The van der Waals surface area contributed by atoms with Crippen LogP contribution in [0.5, 0.6) is 5.75 Å². The predicted octanol–water partition coefficient (Wildman–Crippen LogP) is 3.51. The van der Waals surface area contributed by atoms with Crippen LogP contribution in [-0.2, 0) is 11.3 Å². The molecule has 1 aromatic carbocycles. The maximum absolute atomic E-state index is 10.7. The van der Waals surface area contributed by atoms with Crippen molar-refractivity contribution in [1.29, 1.82) is 0 Å². The minimum atomic E-state index is -0.524. The average Bonchev–Trinajstić information content (AvgIpc) is 3.01. The summed E-state index contributed by atoms with van der Waals surface area (Å²) >= 11 is 7.91. The molecule has 0 saturated carbocycles. The predicted molar refractivity (Wildman–Crippen MR) is 90.3 cm³/mol. The van der Waals surface area contributed by atoms with Crippen LogP contribution in [0.25, 0.3) is 0 Å². The van der Waals surface area contributed by atoms with Gasteiger partial charge in [-0.25, -0.2) is 0 Å². The van der Waals surface area contributed by atoms with E-state index in [0.29, 0.717) is 23.4 Å².